The van der Waals surface area contributed by atoms with Gasteiger partial charge in [0.15, 0.2) is 12.4 Å². The van der Waals surface area contributed by atoms with Crippen LogP contribution in [0.15, 0.2) is 73.1 Å². The molecular weight excluding hydrogens is 375 g/mol. The van der Waals surface area contributed by atoms with Crippen molar-refractivity contribution in [1.82, 2.24) is 4.98 Å². The van der Waals surface area contributed by atoms with Gasteiger partial charge in [-0.2, -0.15) is 0 Å². The number of hydrogen-bond acceptors (Lipinski definition) is 1. The van der Waals surface area contributed by atoms with E-state index in [1.807, 2.05) is 18.3 Å². The van der Waals surface area contributed by atoms with Crippen LogP contribution in [0.1, 0.15) is 22.9 Å². The molecule has 1 fully saturated rings. The van der Waals surface area contributed by atoms with Gasteiger partial charge in [0.05, 0.1) is 31.7 Å². The molecule has 0 aliphatic carbocycles. The third kappa shape index (κ3) is 3.46. The average Bonchev–Trinajstić information content (AvgIpc) is 3.12. The quantitative estimate of drug-likeness (QED) is 0.541. The standard InChI is InChI=1S/C25H25FN4/c1-18-24(22-6-2-3-7-23(22)28-18)25(19-5-4-12-27-17-19)30-15-13-29(14-16-30)21-10-8-20(26)9-11-21/h2-12,17,25,28H,13-16H2,1H3/p+2. The van der Waals surface area contributed by atoms with Crippen LogP contribution in [0.2, 0.25) is 0 Å². The van der Waals surface area contributed by atoms with Gasteiger partial charge in [0.1, 0.15) is 11.9 Å². The SMILES string of the molecule is Cc1[nH]c2ccccc2c1C(c1ccc[nH+]c1)[NH+]1CCN(c2ccc(F)cc2)CC1. The number of para-hydroxylation sites is 1. The molecule has 0 saturated carbocycles. The maximum Gasteiger partial charge on any atom is 0.176 e. The predicted octanol–water partition coefficient (Wildman–Crippen LogP) is 2.92. The summed E-state index contributed by atoms with van der Waals surface area (Å²) >= 11 is 0. The molecular formula is C25H27FN4+2. The first-order valence-corrected chi connectivity index (χ1v) is 10.6. The Kier molecular flexibility index (Phi) is 4.97. The smallest absolute Gasteiger partial charge is 0.176 e. The third-order valence-corrected chi connectivity index (χ3v) is 6.30. The van der Waals surface area contributed by atoms with Crippen LogP contribution in [-0.2, 0) is 0 Å². The summed E-state index contributed by atoms with van der Waals surface area (Å²) < 4.78 is 13.3. The number of aryl methyl sites for hydroxylation is 1. The first-order valence-electron chi connectivity index (χ1n) is 10.6. The molecule has 0 bridgehead atoms. The lowest BCUT2D eigenvalue weighted by Crippen LogP contribution is -3.15. The molecule has 0 radical (unpaired) electrons. The summed E-state index contributed by atoms with van der Waals surface area (Å²) in [4.78, 5) is 10.8. The van der Waals surface area contributed by atoms with Gasteiger partial charge in [-0.1, -0.05) is 18.2 Å². The van der Waals surface area contributed by atoms with Gasteiger partial charge in [0.2, 0.25) is 0 Å². The molecule has 2 aromatic heterocycles. The van der Waals surface area contributed by atoms with Crippen LogP contribution in [0.25, 0.3) is 10.9 Å². The molecule has 1 unspecified atom stereocenters. The summed E-state index contributed by atoms with van der Waals surface area (Å²) in [5.41, 5.74) is 6.21. The molecule has 1 atom stereocenters. The van der Waals surface area contributed by atoms with Crippen molar-refractivity contribution >= 4 is 16.6 Å². The van der Waals surface area contributed by atoms with E-state index < -0.39 is 0 Å². The number of aromatic nitrogens is 2. The Morgan fingerprint density at radius 2 is 1.77 bits per heavy atom. The van der Waals surface area contributed by atoms with Gasteiger partial charge in [-0.3, -0.25) is 0 Å². The zero-order valence-corrected chi connectivity index (χ0v) is 17.2. The number of nitrogens with zero attached hydrogens (tertiary/aromatic N) is 1. The minimum absolute atomic E-state index is 0.182. The number of anilines is 1. The largest absolute Gasteiger partial charge is 0.360 e. The Balaban J connectivity index is 1.48. The van der Waals surface area contributed by atoms with Gasteiger partial charge < -0.3 is 14.8 Å². The zero-order valence-electron chi connectivity index (χ0n) is 17.2. The number of quaternary nitrogens is 1. The molecule has 4 aromatic rings. The normalized spacial score (nSPS) is 16.1. The van der Waals surface area contributed by atoms with Gasteiger partial charge in [-0.15, -0.1) is 0 Å². The van der Waals surface area contributed by atoms with Crippen LogP contribution >= 0.6 is 0 Å². The number of benzene rings is 2. The molecule has 30 heavy (non-hydrogen) atoms. The summed E-state index contributed by atoms with van der Waals surface area (Å²) in [5, 5.41) is 1.30. The number of pyridine rings is 1. The summed E-state index contributed by atoms with van der Waals surface area (Å²) in [7, 11) is 0. The molecule has 3 heterocycles. The molecule has 0 amide bonds. The average molecular weight is 403 g/mol. The Morgan fingerprint density at radius 3 is 2.50 bits per heavy atom. The summed E-state index contributed by atoms with van der Waals surface area (Å²) in [5.74, 6) is -0.182. The monoisotopic (exact) mass is 402 g/mol. The molecule has 4 nitrogen and oxygen atoms in total. The second-order valence-corrected chi connectivity index (χ2v) is 8.10. The second kappa shape index (κ2) is 7.92. The Hall–Kier alpha value is -3.18. The zero-order chi connectivity index (χ0) is 20.5. The van der Waals surface area contributed by atoms with Gasteiger partial charge in [0.25, 0.3) is 0 Å². The molecule has 1 aliphatic heterocycles. The van der Waals surface area contributed by atoms with Crippen molar-refractivity contribution < 1.29 is 14.3 Å². The molecule has 5 heteroatoms. The predicted molar refractivity (Wildman–Crippen MR) is 117 cm³/mol. The number of H-pyrrole nitrogens is 2. The fraction of sp³-hybridized carbons (Fsp3) is 0.240. The van der Waals surface area contributed by atoms with Crippen LogP contribution in [0.3, 0.4) is 0 Å². The van der Waals surface area contributed by atoms with Gasteiger partial charge in [-0.05, 0) is 43.3 Å². The number of fused-ring (bicyclic) bond motifs is 1. The van der Waals surface area contributed by atoms with E-state index in [4.69, 9.17) is 0 Å². The van der Waals surface area contributed by atoms with Crippen LogP contribution < -0.4 is 14.8 Å². The van der Waals surface area contributed by atoms with Gasteiger partial charge in [0, 0.05) is 33.9 Å². The van der Waals surface area contributed by atoms with Gasteiger partial charge >= 0.3 is 0 Å². The fourth-order valence-corrected chi connectivity index (χ4v) is 4.86. The van der Waals surface area contributed by atoms with Crippen molar-refractivity contribution in [3.8, 4) is 0 Å². The fourth-order valence-electron chi connectivity index (χ4n) is 4.86. The minimum Gasteiger partial charge on any atom is -0.360 e. The van der Waals surface area contributed by atoms with Crippen LogP contribution in [-0.4, -0.2) is 31.2 Å². The van der Waals surface area contributed by atoms with E-state index >= 15 is 0 Å². The van der Waals surface area contributed by atoms with E-state index in [2.05, 4.69) is 64.4 Å². The third-order valence-electron chi connectivity index (χ3n) is 6.30. The molecule has 5 rings (SSSR count). The van der Waals surface area contributed by atoms with Crippen LogP contribution in [0.4, 0.5) is 10.1 Å². The lowest BCUT2D eigenvalue weighted by Gasteiger charge is -2.37. The topological polar surface area (TPSA) is 37.6 Å². The minimum atomic E-state index is -0.182. The lowest BCUT2D eigenvalue weighted by atomic mass is 9.95. The number of piperazine rings is 1. The van der Waals surface area contributed by atoms with E-state index in [-0.39, 0.29) is 11.9 Å². The first kappa shape index (κ1) is 18.8. The van der Waals surface area contributed by atoms with E-state index in [9.17, 15) is 4.39 Å². The van der Waals surface area contributed by atoms with Crippen molar-refractivity contribution in [3.05, 3.63) is 95.7 Å². The molecule has 152 valence electrons. The van der Waals surface area contributed by atoms with E-state index in [0.29, 0.717) is 0 Å². The molecule has 1 saturated heterocycles. The number of nitrogens with one attached hydrogen (secondary N) is 3. The highest BCUT2D eigenvalue weighted by Crippen LogP contribution is 2.30. The van der Waals surface area contributed by atoms with Crippen molar-refractivity contribution in [2.24, 2.45) is 0 Å². The molecule has 3 N–H and O–H groups in total. The molecule has 2 aromatic carbocycles. The highest BCUT2D eigenvalue weighted by atomic mass is 19.1. The summed E-state index contributed by atoms with van der Waals surface area (Å²) in [6.45, 7) is 6.14. The Labute approximate surface area is 176 Å². The number of hydrogen-bond donors (Lipinski definition) is 2. The second-order valence-electron chi connectivity index (χ2n) is 8.10. The maximum absolute atomic E-state index is 13.3. The highest BCUT2D eigenvalue weighted by Gasteiger charge is 2.34. The van der Waals surface area contributed by atoms with Gasteiger partial charge in [-0.25, -0.2) is 9.37 Å². The lowest BCUT2D eigenvalue weighted by molar-refractivity contribution is -0.926. The van der Waals surface area contributed by atoms with E-state index in [1.54, 1.807) is 17.0 Å². The van der Waals surface area contributed by atoms with Crippen molar-refractivity contribution in [2.45, 2.75) is 13.0 Å². The van der Waals surface area contributed by atoms with Crippen molar-refractivity contribution in [2.75, 3.05) is 31.1 Å². The number of rotatable bonds is 4. The maximum atomic E-state index is 13.3. The number of aromatic amines is 2. The summed E-state index contributed by atoms with van der Waals surface area (Å²) in [6, 6.07) is 20.0. The van der Waals surface area contributed by atoms with Crippen molar-refractivity contribution in [3.63, 3.8) is 0 Å². The summed E-state index contributed by atoms with van der Waals surface area (Å²) in [6.07, 6.45) is 4.09. The Morgan fingerprint density at radius 1 is 1.00 bits per heavy atom. The Bertz CT molecular complexity index is 1130. The number of halogens is 1. The van der Waals surface area contributed by atoms with E-state index in [0.717, 1.165) is 31.9 Å². The first-order chi connectivity index (χ1) is 14.7. The molecule has 1 aliphatic rings. The van der Waals surface area contributed by atoms with Crippen LogP contribution in [0, 0.1) is 12.7 Å². The van der Waals surface area contributed by atoms with Crippen molar-refractivity contribution in [1.29, 1.82) is 0 Å². The molecule has 0 spiro atoms. The van der Waals surface area contributed by atoms with E-state index in [1.165, 1.54) is 27.7 Å². The highest BCUT2D eigenvalue weighted by molar-refractivity contribution is 5.85. The van der Waals surface area contributed by atoms with Crippen LogP contribution in [0.5, 0.6) is 0 Å².